The predicted octanol–water partition coefficient (Wildman–Crippen LogP) is -0.01000. The Balaban J connectivity index is 2.81. The summed E-state index contributed by atoms with van der Waals surface area (Å²) >= 11 is 0. The monoisotopic (exact) mass is 288 g/mol. The standard InChI is InChI=1S/C15H20N4O2/c1-3-9-17-13(20)11-19(2)15(21)14-12(6-4-8-16)7-5-10-18-14/h5,7,10H,3,8-9,11,16H2,1-2H3,(H,17,20). The zero-order valence-electron chi connectivity index (χ0n) is 12.3. The van der Waals surface area contributed by atoms with Crippen LogP contribution in [0.3, 0.4) is 0 Å². The Morgan fingerprint density at radius 3 is 2.90 bits per heavy atom. The van der Waals surface area contributed by atoms with Crippen molar-refractivity contribution in [2.24, 2.45) is 5.73 Å². The first-order valence-electron chi connectivity index (χ1n) is 6.76. The Labute approximate surface area is 124 Å². The highest BCUT2D eigenvalue weighted by molar-refractivity contribution is 5.96. The molecule has 0 radical (unpaired) electrons. The number of carbonyl (C=O) groups is 2. The SMILES string of the molecule is CCCNC(=O)CN(C)C(=O)c1ncccc1C#CCN. The number of rotatable bonds is 5. The average molecular weight is 288 g/mol. The van der Waals surface area contributed by atoms with Gasteiger partial charge in [-0.25, -0.2) is 4.98 Å². The average Bonchev–Trinajstić information content (AvgIpc) is 2.50. The minimum absolute atomic E-state index is 0.0147. The number of aromatic nitrogens is 1. The molecule has 0 aliphatic carbocycles. The molecule has 1 rings (SSSR count). The van der Waals surface area contributed by atoms with Crippen molar-refractivity contribution in [3.63, 3.8) is 0 Å². The largest absolute Gasteiger partial charge is 0.355 e. The first-order valence-corrected chi connectivity index (χ1v) is 6.76. The summed E-state index contributed by atoms with van der Waals surface area (Å²) in [5.74, 6) is 4.97. The minimum atomic E-state index is -0.344. The van der Waals surface area contributed by atoms with Gasteiger partial charge >= 0.3 is 0 Å². The van der Waals surface area contributed by atoms with Gasteiger partial charge in [-0.15, -0.1) is 0 Å². The van der Waals surface area contributed by atoms with Gasteiger partial charge in [-0.2, -0.15) is 0 Å². The molecule has 0 saturated heterocycles. The molecule has 2 amide bonds. The van der Waals surface area contributed by atoms with Crippen molar-refractivity contribution in [2.45, 2.75) is 13.3 Å². The van der Waals surface area contributed by atoms with Crippen molar-refractivity contribution >= 4 is 11.8 Å². The van der Waals surface area contributed by atoms with Crippen LogP contribution in [0.2, 0.25) is 0 Å². The fraction of sp³-hybridized carbons (Fsp3) is 0.400. The van der Waals surface area contributed by atoms with E-state index in [4.69, 9.17) is 5.73 Å². The molecule has 0 aliphatic heterocycles. The molecule has 0 aliphatic rings. The van der Waals surface area contributed by atoms with Crippen LogP contribution in [0.1, 0.15) is 29.4 Å². The number of amides is 2. The Hall–Kier alpha value is -2.39. The van der Waals surface area contributed by atoms with Crippen molar-refractivity contribution in [1.29, 1.82) is 0 Å². The lowest BCUT2D eigenvalue weighted by atomic mass is 10.2. The van der Waals surface area contributed by atoms with Gasteiger partial charge in [0.05, 0.1) is 18.7 Å². The highest BCUT2D eigenvalue weighted by Crippen LogP contribution is 2.06. The second-order valence-electron chi connectivity index (χ2n) is 4.42. The lowest BCUT2D eigenvalue weighted by Crippen LogP contribution is -2.39. The van der Waals surface area contributed by atoms with Crippen LogP contribution in [-0.4, -0.2) is 48.4 Å². The molecule has 6 nitrogen and oxygen atoms in total. The molecule has 1 aromatic rings. The zero-order valence-corrected chi connectivity index (χ0v) is 12.3. The highest BCUT2D eigenvalue weighted by Gasteiger charge is 2.18. The molecule has 1 heterocycles. The van der Waals surface area contributed by atoms with Gasteiger partial charge in [-0.1, -0.05) is 18.8 Å². The van der Waals surface area contributed by atoms with E-state index in [9.17, 15) is 9.59 Å². The van der Waals surface area contributed by atoms with E-state index in [0.717, 1.165) is 6.42 Å². The van der Waals surface area contributed by atoms with Crippen molar-refractivity contribution in [2.75, 3.05) is 26.7 Å². The quantitative estimate of drug-likeness (QED) is 0.746. The number of pyridine rings is 1. The smallest absolute Gasteiger partial charge is 0.273 e. The second kappa shape index (κ2) is 8.72. The van der Waals surface area contributed by atoms with Crippen molar-refractivity contribution in [3.8, 4) is 11.8 Å². The fourth-order valence-electron chi connectivity index (χ4n) is 1.61. The van der Waals surface area contributed by atoms with Gasteiger partial charge in [0.2, 0.25) is 5.91 Å². The number of nitrogens with one attached hydrogen (secondary N) is 1. The van der Waals surface area contributed by atoms with Crippen LogP contribution in [0.4, 0.5) is 0 Å². The third kappa shape index (κ3) is 5.24. The topological polar surface area (TPSA) is 88.3 Å². The molecular weight excluding hydrogens is 268 g/mol. The van der Waals surface area contributed by atoms with Gasteiger partial charge < -0.3 is 16.0 Å². The number of likely N-dealkylation sites (N-methyl/N-ethyl adjacent to an activating group) is 1. The minimum Gasteiger partial charge on any atom is -0.355 e. The molecule has 0 atom stereocenters. The van der Waals surface area contributed by atoms with E-state index in [2.05, 4.69) is 22.1 Å². The van der Waals surface area contributed by atoms with Crippen molar-refractivity contribution < 1.29 is 9.59 Å². The van der Waals surface area contributed by atoms with Gasteiger partial charge in [0.1, 0.15) is 5.69 Å². The lowest BCUT2D eigenvalue weighted by molar-refractivity contribution is -0.121. The Bertz CT molecular complexity index is 560. The van der Waals surface area contributed by atoms with E-state index in [1.807, 2.05) is 6.92 Å². The molecule has 0 unspecified atom stereocenters. The van der Waals surface area contributed by atoms with Gasteiger partial charge in [-0.05, 0) is 18.6 Å². The summed E-state index contributed by atoms with van der Waals surface area (Å²) in [6.07, 6.45) is 2.37. The van der Waals surface area contributed by atoms with Gasteiger partial charge in [0, 0.05) is 19.8 Å². The van der Waals surface area contributed by atoms with E-state index in [0.29, 0.717) is 12.1 Å². The lowest BCUT2D eigenvalue weighted by Gasteiger charge is -2.16. The number of nitrogens with two attached hydrogens (primary N) is 1. The Morgan fingerprint density at radius 1 is 1.48 bits per heavy atom. The maximum atomic E-state index is 12.3. The maximum absolute atomic E-state index is 12.3. The van der Waals surface area contributed by atoms with Crippen LogP contribution in [-0.2, 0) is 4.79 Å². The Kier molecular flexibility index (Phi) is 6.92. The molecule has 0 spiro atoms. The molecule has 0 aromatic carbocycles. The fourth-order valence-corrected chi connectivity index (χ4v) is 1.61. The zero-order chi connectivity index (χ0) is 15.7. The van der Waals surface area contributed by atoms with Crippen LogP contribution >= 0.6 is 0 Å². The molecule has 0 saturated carbocycles. The third-order valence-corrected chi connectivity index (χ3v) is 2.64. The van der Waals surface area contributed by atoms with E-state index in [-0.39, 0.29) is 30.6 Å². The van der Waals surface area contributed by atoms with Crippen LogP contribution in [0.5, 0.6) is 0 Å². The van der Waals surface area contributed by atoms with Crippen molar-refractivity contribution in [3.05, 3.63) is 29.6 Å². The summed E-state index contributed by atoms with van der Waals surface area (Å²) in [4.78, 5) is 29.3. The van der Waals surface area contributed by atoms with Crippen LogP contribution in [0.25, 0.3) is 0 Å². The number of hydrogen-bond donors (Lipinski definition) is 2. The van der Waals surface area contributed by atoms with Gasteiger partial charge in [-0.3, -0.25) is 9.59 Å². The van der Waals surface area contributed by atoms with E-state index in [1.165, 1.54) is 11.1 Å². The highest BCUT2D eigenvalue weighted by atomic mass is 16.2. The van der Waals surface area contributed by atoms with Gasteiger partial charge in [0.15, 0.2) is 0 Å². The predicted molar refractivity (Wildman–Crippen MR) is 80.4 cm³/mol. The Morgan fingerprint density at radius 2 is 2.24 bits per heavy atom. The third-order valence-electron chi connectivity index (χ3n) is 2.64. The van der Waals surface area contributed by atoms with Gasteiger partial charge in [0.25, 0.3) is 5.91 Å². The second-order valence-corrected chi connectivity index (χ2v) is 4.42. The van der Waals surface area contributed by atoms with E-state index >= 15 is 0 Å². The summed E-state index contributed by atoms with van der Waals surface area (Å²) in [6.45, 7) is 2.75. The van der Waals surface area contributed by atoms with Crippen molar-refractivity contribution in [1.82, 2.24) is 15.2 Å². The van der Waals surface area contributed by atoms with Crippen LogP contribution < -0.4 is 11.1 Å². The van der Waals surface area contributed by atoms with Crippen LogP contribution in [0.15, 0.2) is 18.3 Å². The first kappa shape index (κ1) is 16.7. The summed E-state index contributed by atoms with van der Waals surface area (Å²) in [5, 5.41) is 2.72. The summed E-state index contributed by atoms with van der Waals surface area (Å²) in [6, 6.07) is 3.40. The molecule has 3 N–H and O–H groups in total. The molecule has 21 heavy (non-hydrogen) atoms. The molecular formula is C15H20N4O2. The molecule has 6 heteroatoms. The molecule has 112 valence electrons. The molecule has 1 aromatic heterocycles. The summed E-state index contributed by atoms with van der Waals surface area (Å²) in [7, 11) is 1.56. The summed E-state index contributed by atoms with van der Waals surface area (Å²) < 4.78 is 0. The maximum Gasteiger partial charge on any atom is 0.273 e. The molecule has 0 fully saturated rings. The van der Waals surface area contributed by atoms with Crippen LogP contribution in [0, 0.1) is 11.8 Å². The van der Waals surface area contributed by atoms with E-state index in [1.54, 1.807) is 19.2 Å². The van der Waals surface area contributed by atoms with E-state index < -0.39 is 0 Å². The number of carbonyl (C=O) groups excluding carboxylic acids is 2. The number of hydrogen-bond acceptors (Lipinski definition) is 4. The first-order chi connectivity index (χ1) is 10.1. The normalized spacial score (nSPS) is 9.48. The summed E-state index contributed by atoms with van der Waals surface area (Å²) in [5.41, 5.74) is 6.07. The number of nitrogens with zero attached hydrogens (tertiary/aromatic N) is 2. The molecule has 0 bridgehead atoms.